The molecule has 1 amide bonds. The number of nitro groups is 1. The largest absolute Gasteiger partial charge is 0.493 e. The molecule has 0 spiro atoms. The third-order valence-electron chi connectivity index (χ3n) is 6.06. The van der Waals surface area contributed by atoms with E-state index in [-0.39, 0.29) is 25.1 Å². The van der Waals surface area contributed by atoms with Crippen LogP contribution >= 0.6 is 0 Å². The predicted octanol–water partition coefficient (Wildman–Crippen LogP) is 5.13. The molecule has 0 saturated carbocycles. The van der Waals surface area contributed by atoms with E-state index >= 15 is 0 Å². The Morgan fingerprint density at radius 2 is 1.79 bits per heavy atom. The van der Waals surface area contributed by atoms with Gasteiger partial charge in [0.15, 0.2) is 0 Å². The molecular formula is C29H27N3O7. The number of carboxylic acids is 1. The fourth-order valence-corrected chi connectivity index (χ4v) is 3.96. The monoisotopic (exact) mass is 529 g/mol. The molecule has 0 unspecified atom stereocenters. The van der Waals surface area contributed by atoms with Crippen LogP contribution in [0.2, 0.25) is 0 Å². The lowest BCUT2D eigenvalue weighted by atomic mass is 10.0. The molecular weight excluding hydrogens is 502 g/mol. The second-order valence-corrected chi connectivity index (χ2v) is 8.81. The minimum atomic E-state index is -0.967. The summed E-state index contributed by atoms with van der Waals surface area (Å²) in [5, 5.41) is 22.7. The molecule has 4 rings (SSSR count). The highest BCUT2D eigenvalue weighted by molar-refractivity contribution is 5.96. The maximum absolute atomic E-state index is 13.0. The normalized spacial score (nSPS) is 10.7. The highest BCUT2D eigenvalue weighted by Gasteiger charge is 2.16. The third-order valence-corrected chi connectivity index (χ3v) is 6.06. The van der Waals surface area contributed by atoms with E-state index in [2.05, 4.69) is 10.3 Å². The molecule has 2 N–H and O–H groups in total. The molecule has 10 heteroatoms. The number of ether oxygens (including phenoxy) is 1. The van der Waals surface area contributed by atoms with E-state index in [1.54, 1.807) is 30.3 Å². The van der Waals surface area contributed by atoms with Crippen molar-refractivity contribution in [2.24, 2.45) is 0 Å². The van der Waals surface area contributed by atoms with E-state index in [9.17, 15) is 19.7 Å². The molecule has 39 heavy (non-hydrogen) atoms. The van der Waals surface area contributed by atoms with Gasteiger partial charge in [-0.15, -0.1) is 0 Å². The average molecular weight is 530 g/mol. The van der Waals surface area contributed by atoms with Crippen LogP contribution in [0.15, 0.2) is 77.2 Å². The summed E-state index contributed by atoms with van der Waals surface area (Å²) in [6.45, 7) is 2.29. The van der Waals surface area contributed by atoms with Crippen molar-refractivity contribution in [3.8, 4) is 17.2 Å². The van der Waals surface area contributed by atoms with E-state index in [1.807, 2.05) is 37.3 Å². The van der Waals surface area contributed by atoms with Gasteiger partial charge in [-0.25, -0.2) is 4.98 Å². The molecule has 0 atom stereocenters. The number of hydrogen-bond donors (Lipinski definition) is 2. The van der Waals surface area contributed by atoms with E-state index in [0.717, 1.165) is 11.3 Å². The van der Waals surface area contributed by atoms with Crippen molar-refractivity contribution in [2.45, 2.75) is 32.7 Å². The molecule has 3 aromatic carbocycles. The van der Waals surface area contributed by atoms with Gasteiger partial charge in [-0.1, -0.05) is 36.4 Å². The zero-order valence-electron chi connectivity index (χ0n) is 21.3. The zero-order valence-corrected chi connectivity index (χ0v) is 21.3. The van der Waals surface area contributed by atoms with Gasteiger partial charge in [0.1, 0.15) is 11.5 Å². The van der Waals surface area contributed by atoms with Crippen molar-refractivity contribution in [3.05, 3.63) is 111 Å². The van der Waals surface area contributed by atoms with Crippen LogP contribution in [0.5, 0.6) is 5.75 Å². The second-order valence-electron chi connectivity index (χ2n) is 8.81. The molecule has 0 bridgehead atoms. The Bertz CT molecular complexity index is 1460. The van der Waals surface area contributed by atoms with E-state index in [0.29, 0.717) is 47.1 Å². The number of nitro benzene ring substituents is 1. The maximum Gasteiger partial charge on any atom is 0.303 e. The Kier molecular flexibility index (Phi) is 8.67. The van der Waals surface area contributed by atoms with Crippen LogP contribution in [0, 0.1) is 17.0 Å². The molecule has 0 saturated heterocycles. The standard InChI is InChI=1S/C29H27N3O7/c1-19-26(31-29(39-19)22-5-3-2-4-6-22)15-16-38-24-13-9-21(10-14-27(33)34)25(17-24)28(35)30-18-20-7-11-23(12-8-20)32(36)37/h2-9,11-13,17H,10,14-16,18H2,1H3,(H,30,35)(H,33,34). The Hall–Kier alpha value is -4.99. The highest BCUT2D eigenvalue weighted by Crippen LogP contribution is 2.23. The van der Waals surface area contributed by atoms with Crippen LogP contribution in [0.1, 0.15) is 39.4 Å². The van der Waals surface area contributed by atoms with E-state index in [4.69, 9.17) is 14.3 Å². The van der Waals surface area contributed by atoms with Crippen molar-refractivity contribution in [1.82, 2.24) is 10.3 Å². The summed E-state index contributed by atoms with van der Waals surface area (Å²) in [5.74, 6) is 0.328. The molecule has 0 aliphatic carbocycles. The Balaban J connectivity index is 1.42. The molecule has 0 fully saturated rings. The van der Waals surface area contributed by atoms with E-state index in [1.165, 1.54) is 12.1 Å². The Labute approximate surface area is 224 Å². The first-order valence-corrected chi connectivity index (χ1v) is 12.3. The summed E-state index contributed by atoms with van der Waals surface area (Å²) in [6, 6.07) is 20.5. The van der Waals surface area contributed by atoms with Gasteiger partial charge in [0, 0.05) is 42.6 Å². The molecule has 4 aromatic rings. The van der Waals surface area contributed by atoms with Gasteiger partial charge < -0.3 is 19.6 Å². The summed E-state index contributed by atoms with van der Waals surface area (Å²) < 4.78 is 11.7. The number of oxazole rings is 1. The quantitative estimate of drug-likeness (QED) is 0.190. The lowest BCUT2D eigenvalue weighted by Gasteiger charge is -2.13. The average Bonchev–Trinajstić information content (AvgIpc) is 3.31. The summed E-state index contributed by atoms with van der Waals surface area (Å²) >= 11 is 0. The van der Waals surface area contributed by atoms with Crippen LogP contribution in [-0.4, -0.2) is 33.5 Å². The van der Waals surface area contributed by atoms with Gasteiger partial charge in [0.25, 0.3) is 11.6 Å². The molecule has 1 heterocycles. The summed E-state index contributed by atoms with van der Waals surface area (Å²) in [6.07, 6.45) is 0.541. The van der Waals surface area contributed by atoms with Gasteiger partial charge in [-0.3, -0.25) is 19.7 Å². The van der Waals surface area contributed by atoms with Crippen LogP contribution < -0.4 is 10.1 Å². The van der Waals surface area contributed by atoms with Crippen LogP contribution in [-0.2, 0) is 24.2 Å². The molecule has 0 radical (unpaired) electrons. The highest BCUT2D eigenvalue weighted by atomic mass is 16.6. The number of nitrogens with zero attached hydrogens (tertiary/aromatic N) is 2. The van der Waals surface area contributed by atoms with Gasteiger partial charge >= 0.3 is 5.97 Å². The molecule has 10 nitrogen and oxygen atoms in total. The maximum atomic E-state index is 13.0. The fraction of sp³-hybridized carbons (Fsp3) is 0.207. The van der Waals surface area contributed by atoms with Crippen molar-refractivity contribution < 1.29 is 28.8 Å². The van der Waals surface area contributed by atoms with Crippen molar-refractivity contribution in [1.29, 1.82) is 0 Å². The number of benzene rings is 3. The number of aromatic nitrogens is 1. The molecule has 1 aromatic heterocycles. The number of carbonyl (C=O) groups is 2. The topological polar surface area (TPSA) is 145 Å². The number of rotatable bonds is 12. The number of hydrogen-bond acceptors (Lipinski definition) is 7. The Morgan fingerprint density at radius 1 is 1.05 bits per heavy atom. The second kappa shape index (κ2) is 12.5. The number of non-ortho nitro benzene ring substituents is 1. The number of nitrogens with one attached hydrogen (secondary N) is 1. The van der Waals surface area contributed by atoms with Gasteiger partial charge in [0.05, 0.1) is 17.2 Å². The van der Waals surface area contributed by atoms with Crippen LogP contribution in [0.4, 0.5) is 5.69 Å². The minimum Gasteiger partial charge on any atom is -0.493 e. The smallest absolute Gasteiger partial charge is 0.303 e. The first-order chi connectivity index (χ1) is 18.8. The summed E-state index contributed by atoms with van der Waals surface area (Å²) in [5.41, 5.74) is 3.18. The first-order valence-electron chi connectivity index (χ1n) is 12.3. The first kappa shape index (κ1) is 27.1. The van der Waals surface area contributed by atoms with Crippen molar-refractivity contribution >= 4 is 17.6 Å². The lowest BCUT2D eigenvalue weighted by molar-refractivity contribution is -0.384. The van der Waals surface area contributed by atoms with Crippen molar-refractivity contribution in [2.75, 3.05) is 6.61 Å². The SMILES string of the molecule is Cc1oc(-c2ccccc2)nc1CCOc1ccc(CCC(=O)O)c(C(=O)NCc2ccc([N+](=O)[O-])cc2)c1. The van der Waals surface area contributed by atoms with Crippen LogP contribution in [0.25, 0.3) is 11.5 Å². The zero-order chi connectivity index (χ0) is 27.8. The van der Waals surface area contributed by atoms with Crippen LogP contribution in [0.3, 0.4) is 0 Å². The van der Waals surface area contributed by atoms with Crippen molar-refractivity contribution in [3.63, 3.8) is 0 Å². The third kappa shape index (κ3) is 7.29. The number of carboxylic acid groups (broad SMARTS) is 1. The minimum absolute atomic E-state index is 0.0389. The number of aryl methyl sites for hydroxylation is 2. The Morgan fingerprint density at radius 3 is 2.49 bits per heavy atom. The fourth-order valence-electron chi connectivity index (χ4n) is 3.96. The number of carbonyl (C=O) groups excluding carboxylic acids is 1. The lowest BCUT2D eigenvalue weighted by Crippen LogP contribution is -2.24. The van der Waals surface area contributed by atoms with Gasteiger partial charge in [-0.05, 0) is 48.7 Å². The van der Waals surface area contributed by atoms with E-state index < -0.39 is 16.8 Å². The number of amides is 1. The molecule has 200 valence electrons. The molecule has 0 aliphatic rings. The summed E-state index contributed by atoms with van der Waals surface area (Å²) in [7, 11) is 0. The molecule has 0 aliphatic heterocycles. The van der Waals surface area contributed by atoms with Gasteiger partial charge in [0.2, 0.25) is 5.89 Å². The number of aliphatic carboxylic acids is 1. The predicted molar refractivity (Wildman–Crippen MR) is 143 cm³/mol. The van der Waals surface area contributed by atoms with Gasteiger partial charge in [-0.2, -0.15) is 0 Å². The summed E-state index contributed by atoms with van der Waals surface area (Å²) in [4.78, 5) is 39.1.